The summed E-state index contributed by atoms with van der Waals surface area (Å²) in [5, 5.41) is 14.2. The summed E-state index contributed by atoms with van der Waals surface area (Å²) in [6.07, 6.45) is 0.636. The van der Waals surface area contributed by atoms with Crippen LogP contribution in [0.15, 0.2) is 79.1 Å². The molecule has 6 nitrogen and oxygen atoms in total. The number of nitrogens with zero attached hydrogens (tertiary/aromatic N) is 1. The molecule has 0 saturated heterocycles. The Morgan fingerprint density at radius 2 is 1.94 bits per heavy atom. The first-order valence-corrected chi connectivity index (χ1v) is 11.6. The van der Waals surface area contributed by atoms with Gasteiger partial charge in [-0.25, -0.2) is 4.98 Å². The van der Waals surface area contributed by atoms with Crippen LogP contribution < -0.4 is 14.8 Å². The van der Waals surface area contributed by atoms with E-state index in [0.717, 1.165) is 22.0 Å². The highest BCUT2D eigenvalue weighted by molar-refractivity contribution is 6.32. The van der Waals surface area contributed by atoms with Crippen LogP contribution in [-0.2, 0) is 0 Å². The lowest BCUT2D eigenvalue weighted by atomic mass is 9.92. The zero-order valence-corrected chi connectivity index (χ0v) is 19.8. The second-order valence-corrected chi connectivity index (χ2v) is 8.84. The van der Waals surface area contributed by atoms with Crippen molar-refractivity contribution in [1.29, 1.82) is 0 Å². The van der Waals surface area contributed by atoms with Crippen LogP contribution in [0.25, 0.3) is 10.9 Å². The summed E-state index contributed by atoms with van der Waals surface area (Å²) >= 11 is 6.45. The summed E-state index contributed by atoms with van der Waals surface area (Å²) in [6.45, 7) is 6.03. The number of pyridine rings is 1. The maximum absolute atomic E-state index is 12.8. The van der Waals surface area contributed by atoms with Gasteiger partial charge in [0, 0.05) is 28.5 Å². The quantitative estimate of drug-likeness (QED) is 0.292. The summed E-state index contributed by atoms with van der Waals surface area (Å²) in [7, 11) is 0. The average molecular weight is 487 g/mol. The van der Waals surface area contributed by atoms with Gasteiger partial charge in [0.25, 0.3) is 5.91 Å². The Morgan fingerprint density at radius 3 is 2.71 bits per heavy atom. The van der Waals surface area contributed by atoms with Crippen LogP contribution in [0.4, 0.5) is 5.82 Å². The summed E-state index contributed by atoms with van der Waals surface area (Å²) in [5.41, 5.74) is 2.95. The number of aliphatic hydroxyl groups excluding tert-OH is 1. The molecule has 0 radical (unpaired) electrons. The highest BCUT2D eigenvalue weighted by Gasteiger charge is 2.26. The predicted molar refractivity (Wildman–Crippen MR) is 137 cm³/mol. The van der Waals surface area contributed by atoms with Crippen molar-refractivity contribution in [1.82, 2.24) is 4.98 Å². The average Bonchev–Trinajstić information content (AvgIpc) is 2.85. The van der Waals surface area contributed by atoms with Crippen molar-refractivity contribution in [3.8, 4) is 17.2 Å². The number of hydrogen-bond donors (Lipinski definition) is 2. The summed E-state index contributed by atoms with van der Waals surface area (Å²) in [4.78, 5) is 17.4. The van der Waals surface area contributed by atoms with Gasteiger partial charge in [0.05, 0.1) is 22.9 Å². The second kappa shape index (κ2) is 9.31. The third kappa shape index (κ3) is 4.66. The van der Waals surface area contributed by atoms with E-state index in [1.165, 1.54) is 0 Å². The molecule has 4 aromatic rings. The topological polar surface area (TPSA) is 80.7 Å². The number of fused-ring (bicyclic) bond motifs is 2. The Bertz CT molecular complexity index is 1450. The Labute approximate surface area is 207 Å². The molecule has 1 aromatic heterocycles. The smallest absolute Gasteiger partial charge is 0.256 e. The van der Waals surface area contributed by atoms with Gasteiger partial charge in [-0.2, -0.15) is 0 Å². The van der Waals surface area contributed by atoms with E-state index in [4.69, 9.17) is 21.1 Å². The minimum Gasteiger partial charge on any atom is -0.512 e. The first-order chi connectivity index (χ1) is 16.9. The molecule has 1 aliphatic heterocycles. The molecule has 0 saturated carbocycles. The lowest BCUT2D eigenvalue weighted by molar-refractivity contribution is 0.102. The number of carbonyl (C=O) groups is 1. The van der Waals surface area contributed by atoms with E-state index in [0.29, 0.717) is 46.7 Å². The van der Waals surface area contributed by atoms with E-state index in [1.807, 2.05) is 37.3 Å². The minimum atomic E-state index is -0.266. The molecule has 2 N–H and O–H groups in total. The van der Waals surface area contributed by atoms with Crippen molar-refractivity contribution in [2.75, 3.05) is 11.9 Å². The van der Waals surface area contributed by atoms with Crippen LogP contribution in [-0.4, -0.2) is 22.6 Å². The molecule has 1 atom stereocenters. The summed E-state index contributed by atoms with van der Waals surface area (Å²) in [5.74, 6) is 1.66. The van der Waals surface area contributed by atoms with Gasteiger partial charge in [-0.15, -0.1) is 0 Å². The van der Waals surface area contributed by atoms with E-state index in [9.17, 15) is 9.90 Å². The number of allylic oxidation sites excluding steroid dienone is 1. The SMILES string of the molecule is C=C(O)C1CCOc2cc(Oc3ccc(C(=O)Nc4nc5ccccc5cc4C)cc3)c(Cl)cc21. The summed E-state index contributed by atoms with van der Waals surface area (Å²) < 4.78 is 11.7. The molecule has 2 heterocycles. The fourth-order valence-corrected chi connectivity index (χ4v) is 4.35. The molecule has 0 spiro atoms. The first-order valence-electron chi connectivity index (χ1n) is 11.2. The Balaban J connectivity index is 1.32. The second-order valence-electron chi connectivity index (χ2n) is 8.43. The van der Waals surface area contributed by atoms with Crippen LogP contribution in [0.3, 0.4) is 0 Å². The summed E-state index contributed by atoms with van der Waals surface area (Å²) in [6, 6.07) is 20.0. The molecular weight excluding hydrogens is 464 g/mol. The number of ether oxygens (including phenoxy) is 2. The number of anilines is 1. The maximum atomic E-state index is 12.8. The van der Waals surface area contributed by atoms with Crippen LogP contribution in [0.1, 0.15) is 33.8 Å². The van der Waals surface area contributed by atoms with Gasteiger partial charge in [-0.3, -0.25) is 4.79 Å². The highest BCUT2D eigenvalue weighted by Crippen LogP contribution is 2.43. The number of aliphatic hydroxyl groups is 1. The molecule has 0 fully saturated rings. The minimum absolute atomic E-state index is 0.0854. The van der Waals surface area contributed by atoms with Crippen molar-refractivity contribution < 1.29 is 19.4 Å². The molecular formula is C28H23ClN2O4. The number of para-hydroxylation sites is 1. The molecule has 35 heavy (non-hydrogen) atoms. The van der Waals surface area contributed by atoms with Gasteiger partial charge in [-0.1, -0.05) is 36.4 Å². The lowest BCUT2D eigenvalue weighted by Gasteiger charge is -2.26. The van der Waals surface area contributed by atoms with Gasteiger partial charge in [0.2, 0.25) is 0 Å². The van der Waals surface area contributed by atoms with E-state index in [-0.39, 0.29) is 17.6 Å². The Hall–Kier alpha value is -4.03. The highest BCUT2D eigenvalue weighted by atomic mass is 35.5. The van der Waals surface area contributed by atoms with Crippen molar-refractivity contribution in [3.05, 3.63) is 101 Å². The lowest BCUT2D eigenvalue weighted by Crippen LogP contribution is -2.15. The van der Waals surface area contributed by atoms with E-state index in [2.05, 4.69) is 16.9 Å². The Kier molecular flexibility index (Phi) is 6.05. The molecule has 3 aromatic carbocycles. The van der Waals surface area contributed by atoms with Gasteiger partial charge in [0.1, 0.15) is 23.1 Å². The standard InChI is InChI=1S/C28H23ClN2O4/c1-16-13-19-5-3-4-6-24(19)30-27(16)31-28(33)18-7-9-20(10-8-18)35-26-15-25-22(14-23(26)29)21(17(2)32)11-12-34-25/h3-10,13-15,21,32H,2,11-12H2,1H3,(H,30,31,33). The van der Waals surface area contributed by atoms with Crippen molar-refractivity contribution in [2.24, 2.45) is 0 Å². The molecule has 1 amide bonds. The molecule has 0 aliphatic carbocycles. The van der Waals surface area contributed by atoms with E-state index in [1.54, 1.807) is 36.4 Å². The van der Waals surface area contributed by atoms with E-state index >= 15 is 0 Å². The van der Waals surface area contributed by atoms with Crippen molar-refractivity contribution in [3.63, 3.8) is 0 Å². The van der Waals surface area contributed by atoms with Crippen LogP contribution in [0.2, 0.25) is 5.02 Å². The van der Waals surface area contributed by atoms with Gasteiger partial charge in [0.15, 0.2) is 0 Å². The number of amides is 1. The zero-order valence-electron chi connectivity index (χ0n) is 19.0. The number of hydrogen-bond acceptors (Lipinski definition) is 5. The van der Waals surface area contributed by atoms with Gasteiger partial charge < -0.3 is 19.9 Å². The third-order valence-corrected chi connectivity index (χ3v) is 6.29. The number of carbonyl (C=O) groups excluding carboxylic acids is 1. The maximum Gasteiger partial charge on any atom is 0.256 e. The number of nitrogens with one attached hydrogen (secondary N) is 1. The van der Waals surface area contributed by atoms with Gasteiger partial charge >= 0.3 is 0 Å². The molecule has 7 heteroatoms. The third-order valence-electron chi connectivity index (χ3n) is 6.00. The first kappa shape index (κ1) is 22.7. The fourth-order valence-electron chi connectivity index (χ4n) is 4.14. The number of rotatable bonds is 5. The number of halogens is 1. The van der Waals surface area contributed by atoms with Crippen molar-refractivity contribution in [2.45, 2.75) is 19.3 Å². The number of aryl methyl sites for hydroxylation is 1. The largest absolute Gasteiger partial charge is 0.512 e. The normalized spacial score (nSPS) is 14.6. The van der Waals surface area contributed by atoms with E-state index < -0.39 is 0 Å². The fraction of sp³-hybridized carbons (Fsp3) is 0.143. The molecule has 1 aliphatic rings. The molecule has 176 valence electrons. The Morgan fingerprint density at radius 1 is 1.17 bits per heavy atom. The molecule has 1 unspecified atom stereocenters. The molecule has 5 rings (SSSR count). The molecule has 0 bridgehead atoms. The predicted octanol–water partition coefficient (Wildman–Crippen LogP) is 7.18. The number of aromatic nitrogens is 1. The van der Waals surface area contributed by atoms with Crippen molar-refractivity contribution >= 4 is 34.2 Å². The van der Waals surface area contributed by atoms with Gasteiger partial charge in [-0.05, 0) is 61.4 Å². The van der Waals surface area contributed by atoms with Crippen LogP contribution in [0, 0.1) is 6.92 Å². The monoisotopic (exact) mass is 486 g/mol. The van der Waals surface area contributed by atoms with Crippen LogP contribution >= 0.6 is 11.6 Å². The zero-order chi connectivity index (χ0) is 24.5. The number of benzene rings is 3. The van der Waals surface area contributed by atoms with Crippen LogP contribution in [0.5, 0.6) is 17.2 Å².